The lowest BCUT2D eigenvalue weighted by Gasteiger charge is -2.04. The van der Waals surface area contributed by atoms with E-state index in [1.807, 2.05) is 13.8 Å². The number of hydrogen-bond acceptors (Lipinski definition) is 3. The van der Waals surface area contributed by atoms with Gasteiger partial charge in [0.1, 0.15) is 0 Å². The standard InChI is InChI=1S/C11H15NO3S/c1-8(2)7-11(13)9-3-5-10(6-4-9)16(12,14)15/h3-6,8H,7H2,1-2H3,(H2,12,14,15). The van der Waals surface area contributed by atoms with Crippen LogP contribution in [0.25, 0.3) is 0 Å². The number of primary sulfonamides is 1. The molecule has 1 aromatic rings. The number of carbonyl (C=O) groups excluding carboxylic acids is 1. The predicted octanol–water partition coefficient (Wildman–Crippen LogP) is 1.56. The number of ketones is 1. The molecule has 0 heterocycles. The number of carbonyl (C=O) groups is 1. The minimum atomic E-state index is -3.68. The molecule has 16 heavy (non-hydrogen) atoms. The number of benzene rings is 1. The largest absolute Gasteiger partial charge is 0.294 e. The summed E-state index contributed by atoms with van der Waals surface area (Å²) >= 11 is 0. The predicted molar refractivity (Wildman–Crippen MR) is 61.6 cm³/mol. The van der Waals surface area contributed by atoms with Gasteiger partial charge in [-0.1, -0.05) is 26.0 Å². The average Bonchev–Trinajstić information content (AvgIpc) is 2.15. The summed E-state index contributed by atoms with van der Waals surface area (Å²) in [7, 11) is -3.68. The minimum absolute atomic E-state index is 0.0102. The lowest BCUT2D eigenvalue weighted by atomic mass is 10.0. The second kappa shape index (κ2) is 4.76. The third kappa shape index (κ3) is 3.43. The quantitative estimate of drug-likeness (QED) is 0.813. The summed E-state index contributed by atoms with van der Waals surface area (Å²) < 4.78 is 22.0. The fourth-order valence-corrected chi connectivity index (χ4v) is 1.83. The summed E-state index contributed by atoms with van der Waals surface area (Å²) in [5.74, 6) is 0.293. The van der Waals surface area contributed by atoms with Gasteiger partial charge in [-0.25, -0.2) is 13.6 Å². The Morgan fingerprint density at radius 3 is 2.12 bits per heavy atom. The van der Waals surface area contributed by atoms with E-state index < -0.39 is 10.0 Å². The van der Waals surface area contributed by atoms with Crippen molar-refractivity contribution in [3.63, 3.8) is 0 Å². The Bertz CT molecular complexity index is 474. The normalized spacial score (nSPS) is 11.8. The topological polar surface area (TPSA) is 77.2 Å². The van der Waals surface area contributed by atoms with Crippen molar-refractivity contribution < 1.29 is 13.2 Å². The first-order valence-electron chi connectivity index (χ1n) is 4.97. The van der Waals surface area contributed by atoms with Gasteiger partial charge in [-0.15, -0.1) is 0 Å². The molecule has 0 amide bonds. The smallest absolute Gasteiger partial charge is 0.238 e. The van der Waals surface area contributed by atoms with Gasteiger partial charge in [-0.05, 0) is 18.1 Å². The zero-order valence-corrected chi connectivity index (χ0v) is 10.1. The van der Waals surface area contributed by atoms with E-state index in [9.17, 15) is 13.2 Å². The molecule has 88 valence electrons. The van der Waals surface area contributed by atoms with E-state index >= 15 is 0 Å². The number of hydrogen-bond donors (Lipinski definition) is 1. The highest BCUT2D eigenvalue weighted by Crippen LogP contribution is 2.12. The highest BCUT2D eigenvalue weighted by atomic mass is 32.2. The molecule has 5 heteroatoms. The SMILES string of the molecule is CC(C)CC(=O)c1ccc(S(N)(=O)=O)cc1. The maximum absolute atomic E-state index is 11.6. The Morgan fingerprint density at radius 1 is 1.25 bits per heavy atom. The van der Waals surface area contributed by atoms with Crippen LogP contribution in [0, 0.1) is 5.92 Å². The van der Waals surface area contributed by atoms with Crippen LogP contribution in [0.3, 0.4) is 0 Å². The van der Waals surface area contributed by atoms with Crippen molar-refractivity contribution in [2.45, 2.75) is 25.2 Å². The van der Waals surface area contributed by atoms with Crippen LogP contribution in [-0.2, 0) is 10.0 Å². The molecule has 4 nitrogen and oxygen atoms in total. The van der Waals surface area contributed by atoms with Gasteiger partial charge in [0.25, 0.3) is 0 Å². The molecule has 1 rings (SSSR count). The molecule has 1 aromatic carbocycles. The third-order valence-electron chi connectivity index (χ3n) is 2.10. The first kappa shape index (κ1) is 12.9. The molecule has 0 aromatic heterocycles. The number of sulfonamides is 1. The van der Waals surface area contributed by atoms with E-state index in [-0.39, 0.29) is 16.6 Å². The molecule has 0 saturated carbocycles. The van der Waals surface area contributed by atoms with Gasteiger partial charge in [0.15, 0.2) is 5.78 Å². The van der Waals surface area contributed by atoms with Crippen LogP contribution >= 0.6 is 0 Å². The van der Waals surface area contributed by atoms with Crippen LogP contribution < -0.4 is 5.14 Å². The number of Topliss-reactive ketones (excluding diaryl/α,β-unsaturated/α-hetero) is 1. The molecular weight excluding hydrogens is 226 g/mol. The van der Waals surface area contributed by atoms with Gasteiger partial charge in [0.05, 0.1) is 4.90 Å². The van der Waals surface area contributed by atoms with Crippen molar-refractivity contribution in [2.24, 2.45) is 11.1 Å². The molecule has 0 aliphatic heterocycles. The molecule has 0 aliphatic carbocycles. The molecule has 0 fully saturated rings. The molecule has 0 aliphatic rings. The highest BCUT2D eigenvalue weighted by Gasteiger charge is 2.11. The van der Waals surface area contributed by atoms with Gasteiger partial charge in [0.2, 0.25) is 10.0 Å². The minimum Gasteiger partial charge on any atom is -0.294 e. The van der Waals surface area contributed by atoms with Gasteiger partial charge < -0.3 is 0 Å². The molecule has 0 radical (unpaired) electrons. The first-order valence-corrected chi connectivity index (χ1v) is 6.51. The van der Waals surface area contributed by atoms with Crippen molar-refractivity contribution in [2.75, 3.05) is 0 Å². The van der Waals surface area contributed by atoms with Gasteiger partial charge in [0, 0.05) is 12.0 Å². The molecule has 0 bridgehead atoms. The van der Waals surface area contributed by atoms with Crippen LogP contribution in [0.2, 0.25) is 0 Å². The summed E-state index contributed by atoms with van der Waals surface area (Å²) in [6.45, 7) is 3.91. The zero-order chi connectivity index (χ0) is 12.3. The van der Waals surface area contributed by atoms with Crippen LogP contribution in [0.4, 0.5) is 0 Å². The van der Waals surface area contributed by atoms with Crippen LogP contribution in [0.1, 0.15) is 30.6 Å². The number of nitrogens with two attached hydrogens (primary N) is 1. The van der Waals surface area contributed by atoms with E-state index in [2.05, 4.69) is 0 Å². The third-order valence-corrected chi connectivity index (χ3v) is 3.03. The van der Waals surface area contributed by atoms with E-state index in [1.165, 1.54) is 24.3 Å². The molecule has 2 N–H and O–H groups in total. The summed E-state index contributed by atoms with van der Waals surface area (Å²) in [6.07, 6.45) is 0.453. The summed E-state index contributed by atoms with van der Waals surface area (Å²) in [5, 5.41) is 4.95. The van der Waals surface area contributed by atoms with Crippen LogP contribution in [0.15, 0.2) is 29.2 Å². The first-order chi connectivity index (χ1) is 7.30. The molecule has 0 atom stereocenters. The van der Waals surface area contributed by atoms with Crippen LogP contribution in [0.5, 0.6) is 0 Å². The summed E-state index contributed by atoms with van der Waals surface area (Å²) in [6, 6.07) is 5.68. The van der Waals surface area contributed by atoms with Gasteiger partial charge >= 0.3 is 0 Å². The molecule has 0 spiro atoms. The zero-order valence-electron chi connectivity index (χ0n) is 9.30. The fraction of sp³-hybridized carbons (Fsp3) is 0.364. The van der Waals surface area contributed by atoms with E-state index in [4.69, 9.17) is 5.14 Å². The van der Waals surface area contributed by atoms with Crippen molar-refractivity contribution in [1.29, 1.82) is 0 Å². The number of rotatable bonds is 4. The Kier molecular flexibility index (Phi) is 3.83. The summed E-state index contributed by atoms with van der Waals surface area (Å²) in [4.78, 5) is 11.7. The fourth-order valence-electron chi connectivity index (χ4n) is 1.32. The van der Waals surface area contributed by atoms with Gasteiger partial charge in [-0.3, -0.25) is 4.79 Å². The second-order valence-electron chi connectivity index (χ2n) is 4.09. The lowest BCUT2D eigenvalue weighted by molar-refractivity contribution is 0.0968. The summed E-state index contributed by atoms with van der Waals surface area (Å²) in [5.41, 5.74) is 0.515. The van der Waals surface area contributed by atoms with E-state index in [0.29, 0.717) is 12.0 Å². The van der Waals surface area contributed by atoms with E-state index in [1.54, 1.807) is 0 Å². The van der Waals surface area contributed by atoms with Gasteiger partial charge in [-0.2, -0.15) is 0 Å². The second-order valence-corrected chi connectivity index (χ2v) is 5.65. The Balaban J connectivity index is 2.92. The molecule has 0 unspecified atom stereocenters. The lowest BCUT2D eigenvalue weighted by Crippen LogP contribution is -2.12. The monoisotopic (exact) mass is 241 g/mol. The maximum atomic E-state index is 11.6. The van der Waals surface area contributed by atoms with Crippen molar-refractivity contribution in [3.8, 4) is 0 Å². The average molecular weight is 241 g/mol. The Hall–Kier alpha value is -1.20. The Morgan fingerprint density at radius 2 is 1.75 bits per heavy atom. The molecule has 0 saturated heterocycles. The van der Waals surface area contributed by atoms with Crippen molar-refractivity contribution >= 4 is 15.8 Å². The van der Waals surface area contributed by atoms with Crippen LogP contribution in [-0.4, -0.2) is 14.2 Å². The Labute approximate surface area is 95.5 Å². The highest BCUT2D eigenvalue weighted by molar-refractivity contribution is 7.89. The van der Waals surface area contributed by atoms with E-state index in [0.717, 1.165) is 0 Å². The van der Waals surface area contributed by atoms with Crippen molar-refractivity contribution in [1.82, 2.24) is 0 Å². The maximum Gasteiger partial charge on any atom is 0.238 e. The molecular formula is C11H15NO3S. The van der Waals surface area contributed by atoms with Crippen molar-refractivity contribution in [3.05, 3.63) is 29.8 Å².